The molecule has 7 nitrogen and oxygen atoms in total. The summed E-state index contributed by atoms with van der Waals surface area (Å²) in [6.45, 7) is 10.3. The van der Waals surface area contributed by atoms with Crippen LogP contribution in [0.1, 0.15) is 59.3 Å². The molecule has 1 heterocycles. The van der Waals surface area contributed by atoms with E-state index in [9.17, 15) is 9.59 Å². The summed E-state index contributed by atoms with van der Waals surface area (Å²) < 4.78 is 7.50. The van der Waals surface area contributed by atoms with Gasteiger partial charge in [-0.05, 0) is 57.9 Å². The molecule has 3 atom stereocenters. The number of amides is 2. The van der Waals surface area contributed by atoms with Gasteiger partial charge in [-0.15, -0.1) is 0 Å². The van der Waals surface area contributed by atoms with Gasteiger partial charge in [0.05, 0.1) is 17.1 Å². The molecule has 0 aliphatic rings. The molecule has 0 radical (unpaired) electrons. The maximum Gasteiger partial charge on any atom is 0.258 e. The van der Waals surface area contributed by atoms with Crippen LogP contribution in [0.25, 0.3) is 11.0 Å². The number of fused-ring (bicyclic) bond motifs is 1. The molecule has 0 aliphatic heterocycles. The van der Waals surface area contributed by atoms with E-state index in [0.717, 1.165) is 23.9 Å². The molecule has 7 heteroatoms. The molecule has 182 valence electrons. The molecular weight excluding hydrogens is 428 g/mol. The molecule has 0 fully saturated rings. The highest BCUT2D eigenvalue weighted by molar-refractivity contribution is 5.82. The van der Waals surface area contributed by atoms with Crippen LogP contribution < -0.4 is 10.1 Å². The van der Waals surface area contributed by atoms with Crippen molar-refractivity contribution in [3.8, 4) is 5.75 Å². The summed E-state index contributed by atoms with van der Waals surface area (Å²) >= 11 is 0. The van der Waals surface area contributed by atoms with Crippen molar-refractivity contribution in [3.05, 3.63) is 60.4 Å². The highest BCUT2D eigenvalue weighted by Crippen LogP contribution is 2.22. The molecule has 0 saturated carbocycles. The zero-order chi connectivity index (χ0) is 24.7. The van der Waals surface area contributed by atoms with E-state index in [2.05, 4.69) is 33.0 Å². The summed E-state index contributed by atoms with van der Waals surface area (Å²) in [5, 5.41) is 2.97. The Morgan fingerprint density at radius 2 is 1.59 bits per heavy atom. The Morgan fingerprint density at radius 3 is 2.24 bits per heavy atom. The van der Waals surface area contributed by atoms with Gasteiger partial charge in [0, 0.05) is 12.1 Å². The zero-order valence-corrected chi connectivity index (χ0v) is 20.8. The average molecular weight is 465 g/mol. The molecule has 2 amide bonds. The quantitative estimate of drug-likeness (QED) is 0.446. The number of rotatable bonds is 11. The minimum atomic E-state index is -0.396. The number of benzene rings is 2. The molecule has 0 spiro atoms. The Kier molecular flexibility index (Phi) is 8.68. The Hall–Kier alpha value is -3.35. The van der Waals surface area contributed by atoms with E-state index in [1.54, 1.807) is 0 Å². The summed E-state index contributed by atoms with van der Waals surface area (Å²) in [5.41, 5.74) is 1.67. The van der Waals surface area contributed by atoms with Crippen molar-refractivity contribution in [2.75, 3.05) is 6.61 Å². The van der Waals surface area contributed by atoms with Crippen LogP contribution in [0.4, 0.5) is 0 Å². The van der Waals surface area contributed by atoms with Crippen molar-refractivity contribution in [1.82, 2.24) is 19.8 Å². The average Bonchev–Trinajstić information content (AvgIpc) is 3.21. The molecule has 1 aromatic heterocycles. The summed E-state index contributed by atoms with van der Waals surface area (Å²) in [6.07, 6.45) is 1.78. The van der Waals surface area contributed by atoms with Gasteiger partial charge >= 0.3 is 0 Å². The van der Waals surface area contributed by atoms with Crippen LogP contribution in [0, 0.1) is 0 Å². The van der Waals surface area contributed by atoms with Crippen molar-refractivity contribution < 1.29 is 14.3 Å². The first-order valence-corrected chi connectivity index (χ1v) is 12.1. The normalized spacial score (nSPS) is 13.8. The van der Waals surface area contributed by atoms with E-state index < -0.39 is 6.04 Å². The summed E-state index contributed by atoms with van der Waals surface area (Å²) in [6, 6.07) is 16.9. The number of hydrogen-bond donors (Lipinski definition) is 1. The van der Waals surface area contributed by atoms with Gasteiger partial charge in [0.1, 0.15) is 18.1 Å². The molecule has 2 aromatic carbocycles. The first-order chi connectivity index (χ1) is 16.3. The third-order valence-corrected chi connectivity index (χ3v) is 6.27. The molecule has 1 N–H and O–H groups in total. The molecule has 3 aromatic rings. The van der Waals surface area contributed by atoms with Crippen molar-refractivity contribution in [3.63, 3.8) is 0 Å². The van der Waals surface area contributed by atoms with Gasteiger partial charge in [-0.1, -0.05) is 44.2 Å². The van der Waals surface area contributed by atoms with E-state index in [0.29, 0.717) is 11.6 Å². The second-order valence-electron chi connectivity index (χ2n) is 8.75. The Morgan fingerprint density at radius 1 is 0.971 bits per heavy atom. The number of carbonyl (C=O) groups is 2. The predicted molar refractivity (Wildman–Crippen MR) is 135 cm³/mol. The minimum Gasteiger partial charge on any atom is -0.484 e. The van der Waals surface area contributed by atoms with Gasteiger partial charge in [0.25, 0.3) is 5.91 Å². The number of hydrogen-bond acceptors (Lipinski definition) is 4. The van der Waals surface area contributed by atoms with Gasteiger partial charge in [0.2, 0.25) is 5.91 Å². The number of carbonyl (C=O) groups excluding carboxylic acids is 2. The smallest absolute Gasteiger partial charge is 0.258 e. The Labute approximate surface area is 202 Å². The first-order valence-electron chi connectivity index (χ1n) is 12.1. The van der Waals surface area contributed by atoms with Crippen LogP contribution in [0.15, 0.2) is 54.6 Å². The molecule has 0 aliphatic carbocycles. The minimum absolute atomic E-state index is 0.0547. The number of ether oxygens (including phenoxy) is 1. The fourth-order valence-electron chi connectivity index (χ4n) is 4.14. The van der Waals surface area contributed by atoms with Gasteiger partial charge in [0.15, 0.2) is 6.61 Å². The van der Waals surface area contributed by atoms with E-state index in [1.165, 1.54) is 0 Å². The highest BCUT2D eigenvalue weighted by Gasteiger charge is 2.26. The molecular formula is C27H36N4O3. The van der Waals surface area contributed by atoms with Gasteiger partial charge < -0.3 is 19.5 Å². The van der Waals surface area contributed by atoms with Gasteiger partial charge in [-0.2, -0.15) is 0 Å². The maximum atomic E-state index is 13.5. The van der Waals surface area contributed by atoms with Gasteiger partial charge in [-0.25, -0.2) is 4.98 Å². The number of para-hydroxylation sites is 3. The van der Waals surface area contributed by atoms with Crippen LogP contribution in [0.3, 0.4) is 0 Å². The number of imidazole rings is 1. The van der Waals surface area contributed by atoms with Crippen LogP contribution in [0.5, 0.6) is 5.75 Å². The first kappa shape index (κ1) is 25.3. The van der Waals surface area contributed by atoms with Crippen LogP contribution in [-0.4, -0.2) is 45.0 Å². The van der Waals surface area contributed by atoms with Crippen molar-refractivity contribution >= 4 is 22.8 Å². The molecule has 0 bridgehead atoms. The summed E-state index contributed by atoms with van der Waals surface area (Å²) in [7, 11) is 0. The highest BCUT2D eigenvalue weighted by atomic mass is 16.5. The lowest BCUT2D eigenvalue weighted by molar-refractivity contribution is -0.136. The summed E-state index contributed by atoms with van der Waals surface area (Å²) in [4.78, 5) is 32.8. The molecule has 3 rings (SSSR count). The van der Waals surface area contributed by atoms with Crippen LogP contribution in [0.2, 0.25) is 0 Å². The SMILES string of the molecule is CCC(C)N(C(=O)Cn1c(C(C)NC(=O)COc2ccccc2)nc2ccccc21)C(C)CC. The Balaban J connectivity index is 1.81. The molecule has 0 saturated heterocycles. The van der Waals surface area contributed by atoms with Crippen LogP contribution >= 0.6 is 0 Å². The largest absolute Gasteiger partial charge is 0.484 e. The fourth-order valence-corrected chi connectivity index (χ4v) is 4.14. The van der Waals surface area contributed by atoms with Crippen molar-refractivity contribution in [2.24, 2.45) is 0 Å². The van der Waals surface area contributed by atoms with E-state index >= 15 is 0 Å². The van der Waals surface area contributed by atoms with Crippen molar-refractivity contribution in [2.45, 2.75) is 72.1 Å². The molecule has 3 unspecified atom stereocenters. The zero-order valence-electron chi connectivity index (χ0n) is 20.8. The lowest BCUT2D eigenvalue weighted by Crippen LogP contribution is -2.46. The van der Waals surface area contributed by atoms with Crippen molar-refractivity contribution in [1.29, 1.82) is 0 Å². The number of nitrogens with zero attached hydrogens (tertiary/aromatic N) is 3. The lowest BCUT2D eigenvalue weighted by atomic mass is 10.1. The van der Waals surface area contributed by atoms with E-state index in [4.69, 9.17) is 9.72 Å². The monoisotopic (exact) mass is 464 g/mol. The topological polar surface area (TPSA) is 76.5 Å². The standard InChI is InChI=1S/C27H36N4O3/c1-6-19(3)31(20(4)7-2)26(33)17-30-24-16-12-11-15-23(24)29-27(30)21(5)28-25(32)18-34-22-13-9-8-10-14-22/h8-16,19-21H,6-7,17-18H2,1-5H3,(H,28,32). The third kappa shape index (κ3) is 5.95. The second kappa shape index (κ2) is 11.7. The van der Waals surface area contributed by atoms with Gasteiger partial charge in [-0.3, -0.25) is 9.59 Å². The van der Waals surface area contributed by atoms with E-state index in [1.807, 2.05) is 71.0 Å². The Bertz CT molecular complexity index is 1090. The third-order valence-electron chi connectivity index (χ3n) is 6.27. The number of nitrogens with one attached hydrogen (secondary N) is 1. The van der Waals surface area contributed by atoms with Crippen LogP contribution in [-0.2, 0) is 16.1 Å². The number of aromatic nitrogens is 2. The van der Waals surface area contributed by atoms with E-state index in [-0.39, 0.29) is 37.0 Å². The maximum absolute atomic E-state index is 13.5. The lowest BCUT2D eigenvalue weighted by Gasteiger charge is -2.34. The second-order valence-corrected chi connectivity index (χ2v) is 8.75. The predicted octanol–water partition coefficient (Wildman–Crippen LogP) is 4.72. The summed E-state index contributed by atoms with van der Waals surface area (Å²) in [5.74, 6) is 1.09. The fraction of sp³-hybridized carbons (Fsp3) is 0.444. The molecule has 34 heavy (non-hydrogen) atoms.